The van der Waals surface area contributed by atoms with Crippen LogP contribution in [0.1, 0.15) is 44.9 Å². The summed E-state index contributed by atoms with van der Waals surface area (Å²) >= 11 is 0. The van der Waals surface area contributed by atoms with Crippen molar-refractivity contribution in [1.82, 2.24) is 15.1 Å². The fourth-order valence-electron chi connectivity index (χ4n) is 5.03. The molecule has 0 aromatic heterocycles. The first-order chi connectivity index (χ1) is 12.6. The van der Waals surface area contributed by atoms with Gasteiger partial charge in [-0.25, -0.2) is 0 Å². The Morgan fingerprint density at radius 3 is 2.85 bits per heavy atom. The molecule has 6 heteroatoms. The van der Waals surface area contributed by atoms with Gasteiger partial charge in [0.2, 0.25) is 5.91 Å². The standard InChI is InChI=1S/C20H30N3O3/c1-26-18-5-2-4-17(21-18)22-12-3-10-20(14-22)11-13-23(19(20)25)15-6-8-16(24)9-7-15/h2,5,15-16,18,21,24H,3,6-14H2,1H3/t15-,16-,18?,20-/m1/s1. The number of carbonyl (C=O) groups is 1. The van der Waals surface area contributed by atoms with Gasteiger partial charge in [0.15, 0.2) is 0 Å². The molecule has 2 N–H and O–H groups in total. The summed E-state index contributed by atoms with van der Waals surface area (Å²) in [5, 5.41) is 13.1. The second-order valence-electron chi connectivity index (χ2n) is 8.17. The Bertz CT molecular complexity index is 597. The summed E-state index contributed by atoms with van der Waals surface area (Å²) in [4.78, 5) is 17.8. The molecule has 1 saturated carbocycles. The molecule has 1 unspecified atom stereocenters. The lowest BCUT2D eigenvalue weighted by Gasteiger charge is -2.43. The highest BCUT2D eigenvalue weighted by Crippen LogP contribution is 2.43. The molecule has 3 fully saturated rings. The molecule has 1 amide bonds. The molecule has 2 saturated heterocycles. The number of nitrogens with zero attached hydrogens (tertiary/aromatic N) is 2. The zero-order valence-corrected chi connectivity index (χ0v) is 15.6. The van der Waals surface area contributed by atoms with Crippen molar-refractivity contribution < 1.29 is 14.6 Å². The van der Waals surface area contributed by atoms with Crippen molar-refractivity contribution in [2.24, 2.45) is 5.41 Å². The molecule has 6 nitrogen and oxygen atoms in total. The number of hydrogen-bond acceptors (Lipinski definition) is 5. The van der Waals surface area contributed by atoms with Crippen LogP contribution in [-0.2, 0) is 9.53 Å². The summed E-state index contributed by atoms with van der Waals surface area (Å²) in [6.45, 7) is 2.58. The summed E-state index contributed by atoms with van der Waals surface area (Å²) in [6.07, 6.45) is 13.3. The van der Waals surface area contributed by atoms with Gasteiger partial charge >= 0.3 is 0 Å². The Morgan fingerprint density at radius 1 is 1.27 bits per heavy atom. The van der Waals surface area contributed by atoms with Crippen molar-refractivity contribution in [2.45, 2.75) is 63.3 Å². The minimum absolute atomic E-state index is 0.131. The molecule has 26 heavy (non-hydrogen) atoms. The first-order valence-corrected chi connectivity index (χ1v) is 9.95. The molecule has 0 aromatic carbocycles. The summed E-state index contributed by atoms with van der Waals surface area (Å²) in [5.41, 5.74) is -0.256. The fraction of sp³-hybridized carbons (Fsp3) is 0.750. The van der Waals surface area contributed by atoms with E-state index in [0.717, 1.165) is 70.4 Å². The van der Waals surface area contributed by atoms with Gasteiger partial charge in [-0.05, 0) is 51.0 Å². The van der Waals surface area contributed by atoms with Gasteiger partial charge in [0.25, 0.3) is 0 Å². The molecule has 143 valence electrons. The Kier molecular flexibility index (Phi) is 4.97. The van der Waals surface area contributed by atoms with Crippen molar-refractivity contribution in [3.63, 3.8) is 0 Å². The van der Waals surface area contributed by atoms with Gasteiger partial charge in [0.05, 0.1) is 11.5 Å². The van der Waals surface area contributed by atoms with Crippen LogP contribution in [0.5, 0.6) is 0 Å². The van der Waals surface area contributed by atoms with Gasteiger partial charge in [-0.2, -0.15) is 0 Å². The minimum Gasteiger partial charge on any atom is -0.393 e. The Labute approximate surface area is 155 Å². The monoisotopic (exact) mass is 360 g/mol. The first-order valence-electron chi connectivity index (χ1n) is 9.95. The lowest BCUT2D eigenvalue weighted by atomic mass is 9.78. The largest absolute Gasteiger partial charge is 0.393 e. The lowest BCUT2D eigenvalue weighted by molar-refractivity contribution is -0.141. The van der Waals surface area contributed by atoms with Crippen LogP contribution >= 0.6 is 0 Å². The van der Waals surface area contributed by atoms with Crippen LogP contribution in [0.2, 0.25) is 0 Å². The molecule has 4 rings (SSSR count). The average Bonchev–Trinajstić information content (AvgIpc) is 2.98. The smallest absolute Gasteiger partial charge is 0.230 e. The van der Waals surface area contributed by atoms with Crippen LogP contribution in [0, 0.1) is 11.5 Å². The Hall–Kier alpha value is -1.53. The average molecular weight is 360 g/mol. The lowest BCUT2D eigenvalue weighted by Crippen LogP contribution is -2.52. The van der Waals surface area contributed by atoms with Gasteiger partial charge in [-0.1, -0.05) is 6.08 Å². The van der Waals surface area contributed by atoms with Crippen LogP contribution in [0.15, 0.2) is 18.0 Å². The maximum Gasteiger partial charge on any atom is 0.230 e. The number of piperidine rings is 1. The van der Waals surface area contributed by atoms with Gasteiger partial charge in [-0.3, -0.25) is 4.79 Å². The number of aliphatic hydroxyl groups excluding tert-OH is 1. The number of hydrogen-bond donors (Lipinski definition) is 2. The molecule has 1 spiro atoms. The number of methoxy groups -OCH3 is 1. The van der Waals surface area contributed by atoms with Gasteiger partial charge < -0.3 is 25.0 Å². The van der Waals surface area contributed by atoms with Crippen LogP contribution in [0.3, 0.4) is 0 Å². The van der Waals surface area contributed by atoms with Crippen molar-refractivity contribution in [2.75, 3.05) is 26.7 Å². The number of ether oxygens (including phenoxy) is 1. The maximum atomic E-state index is 13.4. The number of allylic oxidation sites excluding steroid dienone is 2. The second kappa shape index (κ2) is 7.24. The molecule has 4 aliphatic rings. The molecule has 0 bridgehead atoms. The fourth-order valence-corrected chi connectivity index (χ4v) is 5.03. The van der Waals surface area contributed by atoms with E-state index < -0.39 is 0 Å². The highest BCUT2D eigenvalue weighted by Gasteiger charge is 2.51. The third-order valence-corrected chi connectivity index (χ3v) is 6.57. The third kappa shape index (κ3) is 3.25. The first kappa shape index (κ1) is 17.9. The van der Waals surface area contributed by atoms with E-state index in [4.69, 9.17) is 4.74 Å². The minimum atomic E-state index is -0.256. The Morgan fingerprint density at radius 2 is 2.08 bits per heavy atom. The molecular weight excluding hydrogens is 330 g/mol. The van der Waals surface area contributed by atoms with Crippen molar-refractivity contribution >= 4 is 5.91 Å². The molecule has 1 aliphatic carbocycles. The second-order valence-corrected chi connectivity index (χ2v) is 8.17. The van der Waals surface area contributed by atoms with E-state index in [2.05, 4.69) is 21.2 Å². The summed E-state index contributed by atoms with van der Waals surface area (Å²) in [7, 11) is 1.68. The van der Waals surface area contributed by atoms with Crippen LogP contribution < -0.4 is 5.32 Å². The number of dihydropyridines is 1. The van der Waals surface area contributed by atoms with Crippen molar-refractivity contribution in [3.05, 3.63) is 24.0 Å². The van der Waals surface area contributed by atoms with Crippen molar-refractivity contribution in [3.8, 4) is 0 Å². The van der Waals surface area contributed by atoms with Crippen molar-refractivity contribution in [1.29, 1.82) is 0 Å². The van der Waals surface area contributed by atoms with E-state index in [-0.39, 0.29) is 17.7 Å². The molecule has 0 aromatic rings. The highest BCUT2D eigenvalue weighted by molar-refractivity contribution is 5.85. The predicted molar refractivity (Wildman–Crippen MR) is 97.7 cm³/mol. The van der Waals surface area contributed by atoms with E-state index in [9.17, 15) is 9.90 Å². The normalized spacial score (nSPS) is 37.8. The molecule has 3 aliphatic heterocycles. The van der Waals surface area contributed by atoms with E-state index in [1.54, 1.807) is 7.11 Å². The number of amides is 1. The van der Waals surface area contributed by atoms with Crippen LogP contribution in [-0.4, -0.2) is 65.9 Å². The highest BCUT2D eigenvalue weighted by atomic mass is 16.5. The summed E-state index contributed by atoms with van der Waals surface area (Å²) in [5.74, 6) is 1.27. The van der Waals surface area contributed by atoms with Gasteiger partial charge in [0, 0.05) is 38.9 Å². The van der Waals surface area contributed by atoms with E-state index in [1.165, 1.54) is 0 Å². The predicted octanol–water partition coefficient (Wildman–Crippen LogP) is 1.38. The maximum absolute atomic E-state index is 13.4. The molecule has 1 radical (unpaired) electrons. The zero-order chi connectivity index (χ0) is 18.1. The van der Waals surface area contributed by atoms with E-state index in [1.807, 2.05) is 12.2 Å². The number of carbonyl (C=O) groups excluding carboxylic acids is 1. The van der Waals surface area contributed by atoms with E-state index >= 15 is 0 Å². The summed E-state index contributed by atoms with van der Waals surface area (Å²) in [6, 6.07) is 0.319. The number of rotatable bonds is 3. The van der Waals surface area contributed by atoms with Crippen LogP contribution in [0.25, 0.3) is 0 Å². The van der Waals surface area contributed by atoms with Gasteiger partial charge in [0.1, 0.15) is 12.0 Å². The van der Waals surface area contributed by atoms with Gasteiger partial charge in [-0.15, -0.1) is 0 Å². The molecule has 3 heterocycles. The number of nitrogens with one attached hydrogen (secondary N) is 1. The Balaban J connectivity index is 1.44. The topological polar surface area (TPSA) is 65.0 Å². The number of likely N-dealkylation sites (tertiary alicyclic amines) is 2. The quantitative estimate of drug-likeness (QED) is 0.796. The van der Waals surface area contributed by atoms with Crippen LogP contribution in [0.4, 0.5) is 0 Å². The number of aliphatic hydroxyl groups is 1. The molecular formula is C20H30N3O3. The SMILES string of the molecule is COC1C=C[C]=C(N2CCC[C@@]3(CCN([C@H]4CC[C@H](O)CC4)C3=O)C2)N1. The summed E-state index contributed by atoms with van der Waals surface area (Å²) < 4.78 is 5.37. The van der Waals surface area contributed by atoms with E-state index in [0.29, 0.717) is 11.9 Å². The molecule has 2 atom stereocenters. The third-order valence-electron chi connectivity index (χ3n) is 6.57. The zero-order valence-electron chi connectivity index (χ0n) is 15.6.